The Bertz CT molecular complexity index is 634. The van der Waals surface area contributed by atoms with Gasteiger partial charge in [-0.2, -0.15) is 0 Å². The molecule has 0 saturated carbocycles. The summed E-state index contributed by atoms with van der Waals surface area (Å²) >= 11 is 0. The zero-order chi connectivity index (χ0) is 15.8. The highest BCUT2D eigenvalue weighted by molar-refractivity contribution is 6.23. The van der Waals surface area contributed by atoms with Crippen molar-refractivity contribution in [2.24, 2.45) is 4.99 Å². The van der Waals surface area contributed by atoms with Crippen molar-refractivity contribution in [2.75, 3.05) is 14.2 Å². The van der Waals surface area contributed by atoms with E-state index in [1.807, 2.05) is 60.7 Å². The quantitative estimate of drug-likeness (QED) is 0.483. The predicted molar refractivity (Wildman–Crippen MR) is 86.4 cm³/mol. The first-order valence-electron chi connectivity index (χ1n) is 6.77. The van der Waals surface area contributed by atoms with E-state index in [0.717, 1.165) is 22.9 Å². The second-order valence-corrected chi connectivity index (χ2v) is 4.40. The molecule has 2 aromatic carbocycles. The monoisotopic (exact) mass is 295 g/mol. The van der Waals surface area contributed by atoms with Gasteiger partial charge in [0.2, 0.25) is 5.88 Å². The lowest BCUT2D eigenvalue weighted by molar-refractivity contribution is -0.132. The molecule has 4 nitrogen and oxygen atoms in total. The molecule has 0 saturated heterocycles. The molecule has 0 atom stereocenters. The van der Waals surface area contributed by atoms with Crippen LogP contribution in [0, 0.1) is 0 Å². The number of benzene rings is 2. The summed E-state index contributed by atoms with van der Waals surface area (Å²) in [5, 5.41) is 0. The molecule has 0 spiro atoms. The number of ether oxygens (including phenoxy) is 2. The van der Waals surface area contributed by atoms with Crippen LogP contribution in [0.15, 0.2) is 71.5 Å². The molecule has 22 heavy (non-hydrogen) atoms. The molecule has 0 unspecified atom stereocenters. The maximum Gasteiger partial charge on any atom is 0.349 e. The van der Waals surface area contributed by atoms with Crippen LogP contribution in [0.3, 0.4) is 0 Å². The lowest BCUT2D eigenvalue weighted by Crippen LogP contribution is -2.03. The number of aliphatic imine (C=N–C) groups is 1. The van der Waals surface area contributed by atoms with E-state index in [1.54, 1.807) is 0 Å². The summed E-state index contributed by atoms with van der Waals surface area (Å²) in [6.45, 7) is 0. The average molecular weight is 295 g/mol. The van der Waals surface area contributed by atoms with Crippen LogP contribution in [0.4, 0.5) is 0 Å². The maximum atomic E-state index is 11.3. The Morgan fingerprint density at radius 2 is 1.36 bits per heavy atom. The van der Waals surface area contributed by atoms with Crippen molar-refractivity contribution >= 4 is 17.8 Å². The third kappa shape index (κ3) is 3.82. The molecule has 0 bridgehead atoms. The highest BCUT2D eigenvalue weighted by Gasteiger charge is 2.12. The number of esters is 1. The minimum atomic E-state index is -0.532. The van der Waals surface area contributed by atoms with Gasteiger partial charge >= 0.3 is 5.97 Å². The van der Waals surface area contributed by atoms with Gasteiger partial charge in [-0.1, -0.05) is 60.7 Å². The minimum Gasteiger partial charge on any atom is -0.481 e. The summed E-state index contributed by atoms with van der Waals surface area (Å²) in [5.41, 5.74) is 2.71. The van der Waals surface area contributed by atoms with E-state index >= 15 is 0 Å². The van der Waals surface area contributed by atoms with Gasteiger partial charge < -0.3 is 9.47 Å². The predicted octanol–water partition coefficient (Wildman–Crippen LogP) is 3.29. The van der Waals surface area contributed by atoms with Crippen LogP contribution < -0.4 is 0 Å². The summed E-state index contributed by atoms with van der Waals surface area (Å²) in [5.74, 6) is -0.183. The Morgan fingerprint density at radius 1 is 0.864 bits per heavy atom. The van der Waals surface area contributed by atoms with Crippen LogP contribution in [0.1, 0.15) is 11.1 Å². The normalized spacial score (nSPS) is 10.3. The van der Waals surface area contributed by atoms with Crippen molar-refractivity contribution in [2.45, 2.75) is 0 Å². The van der Waals surface area contributed by atoms with Gasteiger partial charge in [0.05, 0.1) is 19.8 Å². The lowest BCUT2D eigenvalue weighted by Gasteiger charge is -2.12. The third-order valence-electron chi connectivity index (χ3n) is 3.02. The molecule has 0 aliphatic heterocycles. The van der Waals surface area contributed by atoms with Crippen LogP contribution in [0.2, 0.25) is 0 Å². The van der Waals surface area contributed by atoms with Crippen molar-refractivity contribution in [3.63, 3.8) is 0 Å². The molecule has 112 valence electrons. The van der Waals surface area contributed by atoms with Gasteiger partial charge in [0.1, 0.15) is 6.21 Å². The maximum absolute atomic E-state index is 11.3. The largest absolute Gasteiger partial charge is 0.481 e. The summed E-state index contributed by atoms with van der Waals surface area (Å²) in [6.07, 6.45) is 1.10. The van der Waals surface area contributed by atoms with E-state index in [2.05, 4.69) is 9.73 Å². The summed E-state index contributed by atoms with van der Waals surface area (Å²) < 4.78 is 9.96. The van der Waals surface area contributed by atoms with Crippen molar-refractivity contribution in [3.8, 4) is 0 Å². The van der Waals surface area contributed by atoms with Crippen molar-refractivity contribution in [1.82, 2.24) is 0 Å². The molecule has 0 heterocycles. The number of hydrogen-bond acceptors (Lipinski definition) is 4. The summed E-state index contributed by atoms with van der Waals surface area (Å²) in [6, 6.07) is 19.5. The van der Waals surface area contributed by atoms with E-state index < -0.39 is 5.97 Å². The van der Waals surface area contributed by atoms with Crippen molar-refractivity contribution in [1.29, 1.82) is 0 Å². The minimum absolute atomic E-state index is 0.350. The molecule has 0 radical (unpaired) electrons. The first kappa shape index (κ1) is 15.5. The van der Waals surface area contributed by atoms with Crippen molar-refractivity contribution in [3.05, 3.63) is 77.7 Å². The Kier molecular flexibility index (Phi) is 5.49. The van der Waals surface area contributed by atoms with Gasteiger partial charge in [0, 0.05) is 0 Å². The smallest absolute Gasteiger partial charge is 0.349 e. The van der Waals surface area contributed by atoms with Gasteiger partial charge in [-0.05, 0) is 11.1 Å². The van der Waals surface area contributed by atoms with Gasteiger partial charge in [0.25, 0.3) is 0 Å². The molecule has 2 rings (SSSR count). The number of hydrogen-bond donors (Lipinski definition) is 0. The number of methoxy groups -OCH3 is 2. The Balaban J connectivity index is 2.58. The Hall–Kier alpha value is -2.88. The second-order valence-electron chi connectivity index (χ2n) is 4.40. The van der Waals surface area contributed by atoms with Crippen LogP contribution in [0.25, 0.3) is 5.57 Å². The molecule has 0 aliphatic carbocycles. The zero-order valence-electron chi connectivity index (χ0n) is 12.5. The van der Waals surface area contributed by atoms with E-state index in [1.165, 1.54) is 14.2 Å². The van der Waals surface area contributed by atoms with Gasteiger partial charge in [-0.15, -0.1) is 0 Å². The fourth-order valence-electron chi connectivity index (χ4n) is 2.01. The number of nitrogens with zero attached hydrogens (tertiary/aromatic N) is 1. The fraction of sp³-hybridized carbons (Fsp3) is 0.111. The Labute approximate surface area is 129 Å². The third-order valence-corrected chi connectivity index (χ3v) is 3.02. The van der Waals surface area contributed by atoms with Crippen LogP contribution in [-0.4, -0.2) is 26.4 Å². The fourth-order valence-corrected chi connectivity index (χ4v) is 2.01. The van der Waals surface area contributed by atoms with Crippen LogP contribution in [0.5, 0.6) is 0 Å². The van der Waals surface area contributed by atoms with E-state index in [0.29, 0.717) is 5.88 Å². The second kappa shape index (κ2) is 7.78. The van der Waals surface area contributed by atoms with Gasteiger partial charge in [-0.3, -0.25) is 0 Å². The number of carbonyl (C=O) groups excluding carboxylic acids is 1. The van der Waals surface area contributed by atoms with Gasteiger partial charge in [0.15, 0.2) is 0 Å². The highest BCUT2D eigenvalue weighted by atomic mass is 16.5. The molecular weight excluding hydrogens is 278 g/mol. The SMILES string of the molecule is COC(=O)C=NC(OC)=C(c1ccccc1)c1ccccc1. The molecular formula is C18H17NO3. The molecule has 0 amide bonds. The molecule has 0 aliphatic rings. The van der Waals surface area contributed by atoms with Crippen LogP contribution >= 0.6 is 0 Å². The summed E-state index contributed by atoms with van der Waals surface area (Å²) in [4.78, 5) is 15.4. The number of carbonyl (C=O) groups is 1. The molecule has 0 fully saturated rings. The topological polar surface area (TPSA) is 47.9 Å². The molecule has 4 heteroatoms. The zero-order valence-corrected chi connectivity index (χ0v) is 12.5. The first-order valence-corrected chi connectivity index (χ1v) is 6.77. The Morgan fingerprint density at radius 3 is 1.77 bits per heavy atom. The molecule has 0 aromatic heterocycles. The van der Waals surface area contributed by atoms with Crippen LogP contribution in [-0.2, 0) is 14.3 Å². The van der Waals surface area contributed by atoms with E-state index in [4.69, 9.17) is 4.74 Å². The standard InChI is InChI=1S/C18H17NO3/c1-21-16(20)13-19-18(22-2)17(14-9-5-3-6-10-14)15-11-7-4-8-12-15/h3-13H,1-2H3. The molecule has 0 N–H and O–H groups in total. The van der Waals surface area contributed by atoms with Crippen molar-refractivity contribution < 1.29 is 14.3 Å². The summed E-state index contributed by atoms with van der Waals surface area (Å²) in [7, 11) is 2.83. The first-order chi connectivity index (χ1) is 10.8. The highest BCUT2D eigenvalue weighted by Crippen LogP contribution is 2.27. The van der Waals surface area contributed by atoms with E-state index in [9.17, 15) is 4.79 Å². The van der Waals surface area contributed by atoms with Gasteiger partial charge in [-0.25, -0.2) is 9.79 Å². The average Bonchev–Trinajstić information content (AvgIpc) is 2.59. The molecule has 2 aromatic rings. The lowest BCUT2D eigenvalue weighted by atomic mass is 9.98. The number of rotatable bonds is 5. The van der Waals surface area contributed by atoms with E-state index in [-0.39, 0.29) is 0 Å².